The molecule has 1 aromatic heterocycles. The fraction of sp³-hybridized carbons (Fsp3) is 0.211. The van der Waals surface area contributed by atoms with Crippen LogP contribution in [0.1, 0.15) is 11.1 Å². The smallest absolute Gasteiger partial charge is 0.238 e. The number of tetrazole rings is 1. The molecule has 0 saturated carbocycles. The second-order valence-electron chi connectivity index (χ2n) is 5.93. The number of nitriles is 1. The number of hydrogen-bond acceptors (Lipinski definition) is 6. The average Bonchev–Trinajstić information content (AvgIpc) is 3.13. The van der Waals surface area contributed by atoms with Crippen molar-refractivity contribution in [2.75, 3.05) is 17.2 Å². The minimum atomic E-state index is -0.178. The number of aromatic nitrogens is 4. The third kappa shape index (κ3) is 4.33. The Kier molecular flexibility index (Phi) is 5.84. The second kappa shape index (κ2) is 8.47. The summed E-state index contributed by atoms with van der Waals surface area (Å²) in [5.74, 6) is -0.0510. The summed E-state index contributed by atoms with van der Waals surface area (Å²) in [6, 6.07) is 17.2. The maximum Gasteiger partial charge on any atom is 0.238 e. The van der Waals surface area contributed by atoms with Crippen molar-refractivity contribution < 1.29 is 4.79 Å². The maximum atomic E-state index is 12.7. The predicted octanol–water partition coefficient (Wildman–Crippen LogP) is 2.93. The molecule has 0 radical (unpaired) electrons. The van der Waals surface area contributed by atoms with E-state index in [9.17, 15) is 4.79 Å². The SMILES string of the molecule is Cc1ccc(-n2nnnc2SCC(=O)N(CC#N)c2ccccc2)c(C)c1. The minimum absolute atomic E-state index is 0.00851. The van der Waals surface area contributed by atoms with E-state index in [0.717, 1.165) is 16.8 Å². The molecular weight excluding hydrogens is 360 g/mol. The molecule has 3 aromatic rings. The van der Waals surface area contributed by atoms with Crippen molar-refractivity contribution in [3.63, 3.8) is 0 Å². The number of rotatable bonds is 6. The highest BCUT2D eigenvalue weighted by Gasteiger charge is 2.18. The summed E-state index contributed by atoms with van der Waals surface area (Å²) in [6.07, 6.45) is 0. The molecule has 0 aliphatic heterocycles. The lowest BCUT2D eigenvalue weighted by molar-refractivity contribution is -0.116. The van der Waals surface area contributed by atoms with Crippen molar-refractivity contribution in [3.8, 4) is 11.8 Å². The van der Waals surface area contributed by atoms with Crippen LogP contribution in [0, 0.1) is 25.2 Å². The lowest BCUT2D eigenvalue weighted by Gasteiger charge is -2.19. The van der Waals surface area contributed by atoms with Gasteiger partial charge in [0.25, 0.3) is 0 Å². The summed E-state index contributed by atoms with van der Waals surface area (Å²) in [7, 11) is 0. The van der Waals surface area contributed by atoms with E-state index in [0.29, 0.717) is 10.8 Å². The number of aryl methyl sites for hydroxylation is 2. The minimum Gasteiger partial charge on any atom is -0.298 e. The van der Waals surface area contributed by atoms with Crippen molar-refractivity contribution >= 4 is 23.4 Å². The lowest BCUT2D eigenvalue weighted by Crippen LogP contribution is -2.32. The van der Waals surface area contributed by atoms with E-state index in [2.05, 4.69) is 21.6 Å². The van der Waals surface area contributed by atoms with Gasteiger partial charge in [0, 0.05) is 5.69 Å². The first-order valence-electron chi connectivity index (χ1n) is 8.31. The molecule has 2 aromatic carbocycles. The third-order valence-corrected chi connectivity index (χ3v) is 4.85. The van der Waals surface area contributed by atoms with Gasteiger partial charge >= 0.3 is 0 Å². The van der Waals surface area contributed by atoms with Crippen molar-refractivity contribution in [3.05, 3.63) is 59.7 Å². The molecule has 0 aliphatic rings. The number of amides is 1. The van der Waals surface area contributed by atoms with E-state index in [1.54, 1.807) is 16.8 Å². The van der Waals surface area contributed by atoms with Crippen molar-refractivity contribution in [1.29, 1.82) is 5.26 Å². The Morgan fingerprint density at radius 1 is 1.22 bits per heavy atom. The molecule has 27 heavy (non-hydrogen) atoms. The fourth-order valence-corrected chi connectivity index (χ4v) is 3.43. The van der Waals surface area contributed by atoms with Gasteiger partial charge in [-0.15, -0.1) is 5.10 Å². The molecule has 1 heterocycles. The van der Waals surface area contributed by atoms with Gasteiger partial charge in [-0.25, -0.2) is 0 Å². The summed E-state index contributed by atoms with van der Waals surface area (Å²) < 4.78 is 1.63. The van der Waals surface area contributed by atoms with Crippen LogP contribution in [0.15, 0.2) is 53.7 Å². The second-order valence-corrected chi connectivity index (χ2v) is 6.87. The predicted molar refractivity (Wildman–Crippen MR) is 104 cm³/mol. The number of benzene rings is 2. The number of nitrogens with zero attached hydrogens (tertiary/aromatic N) is 6. The van der Waals surface area contributed by atoms with Crippen LogP contribution in [0.2, 0.25) is 0 Å². The molecule has 136 valence electrons. The van der Waals surface area contributed by atoms with Gasteiger partial charge in [0.2, 0.25) is 11.1 Å². The number of thioether (sulfide) groups is 1. The molecule has 1 amide bonds. The highest BCUT2D eigenvalue weighted by atomic mass is 32.2. The van der Waals surface area contributed by atoms with Crippen molar-refractivity contribution in [1.82, 2.24) is 20.2 Å². The summed E-state index contributed by atoms with van der Waals surface area (Å²) in [5, 5.41) is 21.4. The van der Waals surface area contributed by atoms with E-state index >= 15 is 0 Å². The Bertz CT molecular complexity index is 979. The van der Waals surface area contributed by atoms with Gasteiger partial charge in [-0.3, -0.25) is 9.69 Å². The van der Waals surface area contributed by atoms with Gasteiger partial charge in [-0.05, 0) is 48.0 Å². The molecule has 0 unspecified atom stereocenters. The normalized spacial score (nSPS) is 10.4. The molecule has 0 spiro atoms. The Morgan fingerprint density at radius 2 is 2.00 bits per heavy atom. The fourth-order valence-electron chi connectivity index (χ4n) is 2.67. The Morgan fingerprint density at radius 3 is 2.70 bits per heavy atom. The first kappa shape index (κ1) is 18.6. The number of carbonyl (C=O) groups is 1. The Labute approximate surface area is 161 Å². The van der Waals surface area contributed by atoms with Gasteiger partial charge in [-0.2, -0.15) is 9.94 Å². The van der Waals surface area contributed by atoms with Gasteiger partial charge in [-0.1, -0.05) is 47.7 Å². The summed E-state index contributed by atoms with van der Waals surface area (Å²) in [5.41, 5.74) is 3.77. The van der Waals surface area contributed by atoms with Crippen LogP contribution in [0.3, 0.4) is 0 Å². The number of carbonyl (C=O) groups excluding carboxylic acids is 1. The molecule has 0 N–H and O–H groups in total. The number of anilines is 1. The van der Waals surface area contributed by atoms with Gasteiger partial charge < -0.3 is 0 Å². The van der Waals surface area contributed by atoms with Crippen LogP contribution in [-0.4, -0.2) is 38.4 Å². The molecule has 8 heteroatoms. The highest BCUT2D eigenvalue weighted by Crippen LogP contribution is 2.22. The summed E-state index contributed by atoms with van der Waals surface area (Å²) in [4.78, 5) is 14.1. The molecule has 0 atom stereocenters. The number of hydrogen-bond donors (Lipinski definition) is 0. The quantitative estimate of drug-likeness (QED) is 0.484. The standard InChI is InChI=1S/C19H18N6OS/c1-14-8-9-17(15(2)12-14)25-19(21-22-23-25)27-13-18(26)24(11-10-20)16-6-4-3-5-7-16/h3-9,12H,11,13H2,1-2H3. The topological polar surface area (TPSA) is 87.7 Å². The average molecular weight is 378 g/mol. The van der Waals surface area contributed by atoms with Crippen LogP contribution >= 0.6 is 11.8 Å². The molecule has 7 nitrogen and oxygen atoms in total. The maximum absolute atomic E-state index is 12.7. The van der Waals surface area contributed by atoms with Crippen LogP contribution in [0.5, 0.6) is 0 Å². The number of para-hydroxylation sites is 1. The van der Waals surface area contributed by atoms with E-state index in [1.165, 1.54) is 16.7 Å². The van der Waals surface area contributed by atoms with Crippen molar-refractivity contribution in [2.24, 2.45) is 0 Å². The highest BCUT2D eigenvalue weighted by molar-refractivity contribution is 7.99. The zero-order valence-corrected chi connectivity index (χ0v) is 15.8. The van der Waals surface area contributed by atoms with E-state index in [4.69, 9.17) is 5.26 Å². The molecule has 3 rings (SSSR count). The third-order valence-electron chi connectivity index (χ3n) is 3.94. The van der Waals surface area contributed by atoms with Crippen LogP contribution in [0.4, 0.5) is 5.69 Å². The Hall–Kier alpha value is -3.18. The van der Waals surface area contributed by atoms with Crippen LogP contribution in [-0.2, 0) is 4.79 Å². The van der Waals surface area contributed by atoms with Gasteiger partial charge in [0.15, 0.2) is 0 Å². The first-order chi connectivity index (χ1) is 13.1. The van der Waals surface area contributed by atoms with Crippen LogP contribution in [0.25, 0.3) is 5.69 Å². The lowest BCUT2D eigenvalue weighted by atomic mass is 10.1. The van der Waals surface area contributed by atoms with E-state index < -0.39 is 0 Å². The van der Waals surface area contributed by atoms with Crippen molar-refractivity contribution in [2.45, 2.75) is 19.0 Å². The molecular formula is C19H18N6OS. The zero-order valence-electron chi connectivity index (χ0n) is 15.0. The molecule has 0 bridgehead atoms. The first-order valence-corrected chi connectivity index (χ1v) is 9.30. The zero-order chi connectivity index (χ0) is 19.2. The van der Waals surface area contributed by atoms with Gasteiger partial charge in [0.05, 0.1) is 17.5 Å². The molecule has 0 aliphatic carbocycles. The monoisotopic (exact) mass is 378 g/mol. The summed E-state index contributed by atoms with van der Waals surface area (Å²) >= 11 is 1.24. The summed E-state index contributed by atoms with van der Waals surface area (Å²) in [6.45, 7) is 4.01. The van der Waals surface area contributed by atoms with Crippen LogP contribution < -0.4 is 4.90 Å². The molecule has 0 fully saturated rings. The largest absolute Gasteiger partial charge is 0.298 e. The molecule has 0 saturated heterocycles. The van der Waals surface area contributed by atoms with E-state index in [1.807, 2.05) is 50.2 Å². The Balaban J connectivity index is 1.76. The van der Waals surface area contributed by atoms with Gasteiger partial charge in [0.1, 0.15) is 6.54 Å². The van der Waals surface area contributed by atoms with E-state index in [-0.39, 0.29) is 18.2 Å².